The Morgan fingerprint density at radius 2 is 1.85 bits per heavy atom. The Morgan fingerprint density at radius 3 is 2.50 bits per heavy atom. The Morgan fingerprint density at radius 1 is 1.20 bits per heavy atom. The van der Waals surface area contributed by atoms with Crippen molar-refractivity contribution in [1.29, 1.82) is 0 Å². The van der Waals surface area contributed by atoms with E-state index < -0.39 is 0 Å². The Balaban J connectivity index is 1.50. The maximum absolute atomic E-state index is 12.4. The summed E-state index contributed by atoms with van der Waals surface area (Å²) in [7, 11) is 0. The average Bonchev–Trinajstić information content (AvgIpc) is 2.72. The molecule has 0 radical (unpaired) electrons. The molecule has 20 heavy (non-hydrogen) atoms. The third-order valence-corrected chi connectivity index (χ3v) is 5.32. The highest BCUT2D eigenvalue weighted by molar-refractivity contribution is 7.99. The molecule has 0 saturated carbocycles. The molecule has 2 aliphatic heterocycles. The number of thioether (sulfide) groups is 1. The summed E-state index contributed by atoms with van der Waals surface area (Å²) in [6.07, 6.45) is 3.47. The van der Waals surface area contributed by atoms with Crippen molar-refractivity contribution in [2.75, 3.05) is 5.75 Å². The summed E-state index contributed by atoms with van der Waals surface area (Å²) in [5, 5.41) is 9.77. The van der Waals surface area contributed by atoms with Crippen molar-refractivity contribution in [2.45, 2.75) is 49.6 Å². The van der Waals surface area contributed by atoms with Crippen LogP contribution in [-0.2, 0) is 10.5 Å². The van der Waals surface area contributed by atoms with Gasteiger partial charge in [0.2, 0.25) is 5.91 Å². The van der Waals surface area contributed by atoms with Gasteiger partial charge in [0, 0.05) is 17.8 Å². The van der Waals surface area contributed by atoms with Gasteiger partial charge < -0.3 is 10.0 Å². The molecule has 1 aromatic carbocycles. The molecule has 2 bridgehead atoms. The van der Waals surface area contributed by atoms with Crippen LogP contribution in [0.5, 0.6) is 0 Å². The van der Waals surface area contributed by atoms with Crippen LogP contribution in [0.25, 0.3) is 0 Å². The van der Waals surface area contributed by atoms with Gasteiger partial charge in [-0.05, 0) is 31.2 Å². The van der Waals surface area contributed by atoms with Crippen molar-refractivity contribution in [3.8, 4) is 0 Å². The van der Waals surface area contributed by atoms with Crippen LogP contribution in [-0.4, -0.2) is 39.9 Å². The number of aliphatic hydroxyl groups is 1. The standard InChI is InChI=1S/C16H21NO2S/c18-15-8-13-6-7-14(9-15)17(13)16(19)11-20-10-12-4-2-1-3-5-12/h1-5,13-15,18H,6-11H2. The molecule has 1 amide bonds. The van der Waals surface area contributed by atoms with Gasteiger partial charge in [-0.1, -0.05) is 30.3 Å². The predicted molar refractivity (Wildman–Crippen MR) is 81.5 cm³/mol. The molecule has 108 valence electrons. The largest absolute Gasteiger partial charge is 0.393 e. The zero-order chi connectivity index (χ0) is 13.9. The molecule has 3 rings (SSSR count). The number of rotatable bonds is 4. The summed E-state index contributed by atoms with van der Waals surface area (Å²) in [4.78, 5) is 14.4. The number of piperidine rings is 1. The van der Waals surface area contributed by atoms with Crippen LogP contribution < -0.4 is 0 Å². The molecule has 2 unspecified atom stereocenters. The second-order valence-corrected chi connectivity index (χ2v) is 6.78. The van der Waals surface area contributed by atoms with Gasteiger partial charge in [0.05, 0.1) is 11.9 Å². The summed E-state index contributed by atoms with van der Waals surface area (Å²) < 4.78 is 0. The number of benzene rings is 1. The average molecular weight is 291 g/mol. The van der Waals surface area contributed by atoms with Crippen molar-refractivity contribution in [2.24, 2.45) is 0 Å². The predicted octanol–water partition coefficient (Wildman–Crippen LogP) is 2.43. The van der Waals surface area contributed by atoms with Crippen LogP contribution in [0, 0.1) is 0 Å². The monoisotopic (exact) mass is 291 g/mol. The zero-order valence-electron chi connectivity index (χ0n) is 11.6. The third kappa shape index (κ3) is 3.01. The second kappa shape index (κ2) is 6.19. The molecule has 4 heteroatoms. The van der Waals surface area contributed by atoms with Crippen LogP contribution >= 0.6 is 11.8 Å². The number of carbonyl (C=O) groups is 1. The Bertz CT molecular complexity index is 451. The van der Waals surface area contributed by atoms with Crippen molar-refractivity contribution < 1.29 is 9.90 Å². The van der Waals surface area contributed by atoms with Crippen molar-refractivity contribution >= 4 is 17.7 Å². The quantitative estimate of drug-likeness (QED) is 0.926. The molecule has 3 nitrogen and oxygen atoms in total. The third-order valence-electron chi connectivity index (χ3n) is 4.33. The minimum atomic E-state index is -0.200. The number of amides is 1. The highest BCUT2D eigenvalue weighted by Gasteiger charge is 2.42. The van der Waals surface area contributed by atoms with Crippen LogP contribution in [0.1, 0.15) is 31.2 Å². The lowest BCUT2D eigenvalue weighted by Crippen LogP contribution is -2.48. The summed E-state index contributed by atoms with van der Waals surface area (Å²) >= 11 is 1.69. The smallest absolute Gasteiger partial charge is 0.233 e. The van der Waals surface area contributed by atoms with E-state index in [1.165, 1.54) is 5.56 Å². The van der Waals surface area contributed by atoms with E-state index in [0.717, 1.165) is 31.4 Å². The van der Waals surface area contributed by atoms with E-state index in [4.69, 9.17) is 0 Å². The van der Waals surface area contributed by atoms with Crippen LogP contribution in [0.2, 0.25) is 0 Å². The van der Waals surface area contributed by atoms with E-state index in [9.17, 15) is 9.90 Å². The number of hydrogen-bond donors (Lipinski definition) is 1. The van der Waals surface area contributed by atoms with Gasteiger partial charge in [0.15, 0.2) is 0 Å². The Labute approximate surface area is 124 Å². The topological polar surface area (TPSA) is 40.5 Å². The first-order valence-electron chi connectivity index (χ1n) is 7.35. The van der Waals surface area contributed by atoms with Crippen molar-refractivity contribution in [1.82, 2.24) is 4.90 Å². The number of carbonyl (C=O) groups excluding carboxylic acids is 1. The van der Waals surface area contributed by atoms with Crippen LogP contribution in [0.3, 0.4) is 0 Å². The molecule has 2 atom stereocenters. The molecule has 1 N–H and O–H groups in total. The SMILES string of the molecule is O=C(CSCc1ccccc1)N1C2CCC1CC(O)C2. The van der Waals surface area contributed by atoms with Crippen LogP contribution in [0.15, 0.2) is 30.3 Å². The van der Waals surface area contributed by atoms with E-state index in [1.54, 1.807) is 11.8 Å². The van der Waals surface area contributed by atoms with Gasteiger partial charge in [-0.15, -0.1) is 11.8 Å². The molecule has 0 spiro atoms. The normalized spacial score (nSPS) is 28.6. The van der Waals surface area contributed by atoms with Gasteiger partial charge in [0.1, 0.15) is 0 Å². The lowest BCUT2D eigenvalue weighted by atomic mass is 10.00. The number of fused-ring (bicyclic) bond motifs is 2. The molecule has 2 heterocycles. The summed E-state index contributed by atoms with van der Waals surface area (Å²) in [5.41, 5.74) is 1.27. The van der Waals surface area contributed by atoms with E-state index in [-0.39, 0.29) is 24.1 Å². The summed E-state index contributed by atoms with van der Waals surface area (Å²) in [6.45, 7) is 0. The molecule has 0 aromatic heterocycles. The van der Waals surface area contributed by atoms with Gasteiger partial charge >= 0.3 is 0 Å². The molecule has 2 saturated heterocycles. The maximum atomic E-state index is 12.4. The maximum Gasteiger partial charge on any atom is 0.233 e. The second-order valence-electron chi connectivity index (χ2n) is 5.79. The first kappa shape index (κ1) is 14.0. The van der Waals surface area contributed by atoms with E-state index in [2.05, 4.69) is 17.0 Å². The molecular formula is C16H21NO2S. The Hall–Kier alpha value is -1.00. The first-order chi connectivity index (χ1) is 9.74. The lowest BCUT2D eigenvalue weighted by Gasteiger charge is -2.37. The molecular weight excluding hydrogens is 270 g/mol. The highest BCUT2D eigenvalue weighted by Crippen LogP contribution is 2.36. The van der Waals surface area contributed by atoms with Gasteiger partial charge in [0.25, 0.3) is 0 Å². The first-order valence-corrected chi connectivity index (χ1v) is 8.50. The van der Waals surface area contributed by atoms with Gasteiger partial charge in [-0.3, -0.25) is 4.79 Å². The fourth-order valence-corrected chi connectivity index (χ4v) is 4.31. The van der Waals surface area contributed by atoms with Crippen molar-refractivity contribution in [3.05, 3.63) is 35.9 Å². The number of aliphatic hydroxyl groups excluding tert-OH is 1. The minimum Gasteiger partial charge on any atom is -0.393 e. The summed E-state index contributed by atoms with van der Waals surface area (Å²) in [6, 6.07) is 10.8. The zero-order valence-corrected chi connectivity index (χ0v) is 12.4. The lowest BCUT2D eigenvalue weighted by molar-refractivity contribution is -0.134. The van der Waals surface area contributed by atoms with Crippen molar-refractivity contribution in [3.63, 3.8) is 0 Å². The van der Waals surface area contributed by atoms with E-state index >= 15 is 0 Å². The fraction of sp³-hybridized carbons (Fsp3) is 0.562. The van der Waals surface area contributed by atoms with E-state index in [1.807, 2.05) is 18.2 Å². The van der Waals surface area contributed by atoms with Crippen LogP contribution in [0.4, 0.5) is 0 Å². The molecule has 1 aromatic rings. The fourth-order valence-electron chi connectivity index (χ4n) is 3.46. The Kier molecular flexibility index (Phi) is 4.32. The molecule has 2 fully saturated rings. The number of nitrogens with zero attached hydrogens (tertiary/aromatic N) is 1. The van der Waals surface area contributed by atoms with Gasteiger partial charge in [-0.2, -0.15) is 0 Å². The number of hydrogen-bond acceptors (Lipinski definition) is 3. The molecule has 0 aliphatic carbocycles. The summed E-state index contributed by atoms with van der Waals surface area (Å²) in [5.74, 6) is 1.70. The molecule has 2 aliphatic rings. The minimum absolute atomic E-state index is 0.200. The highest BCUT2D eigenvalue weighted by atomic mass is 32.2. The van der Waals surface area contributed by atoms with E-state index in [0.29, 0.717) is 5.75 Å². The van der Waals surface area contributed by atoms with Gasteiger partial charge in [-0.25, -0.2) is 0 Å².